The number of hydrogen-bond acceptors (Lipinski definition) is 3. The maximum atomic E-state index is 14.2. The molecule has 3 aromatic rings. The maximum Gasteiger partial charge on any atom is 0.242 e. The van der Waals surface area contributed by atoms with Crippen LogP contribution in [0.25, 0.3) is 5.69 Å². The summed E-state index contributed by atoms with van der Waals surface area (Å²) in [5, 5.41) is 7.60. The molecule has 1 aliphatic carbocycles. The number of aromatic nitrogens is 2. The van der Waals surface area contributed by atoms with Crippen LogP contribution in [-0.2, 0) is 15.0 Å². The van der Waals surface area contributed by atoms with Crippen molar-refractivity contribution in [3.8, 4) is 5.69 Å². The van der Waals surface area contributed by atoms with Gasteiger partial charge in [0.2, 0.25) is 11.8 Å². The lowest BCUT2D eigenvalue weighted by molar-refractivity contribution is -0.126. The van der Waals surface area contributed by atoms with E-state index in [0.717, 1.165) is 41.9 Å². The van der Waals surface area contributed by atoms with Crippen molar-refractivity contribution < 1.29 is 9.59 Å². The van der Waals surface area contributed by atoms with Gasteiger partial charge in [-0.05, 0) is 42.5 Å². The van der Waals surface area contributed by atoms with Crippen LogP contribution in [0, 0.1) is 5.92 Å². The van der Waals surface area contributed by atoms with E-state index in [1.165, 1.54) is 19.3 Å². The van der Waals surface area contributed by atoms with Gasteiger partial charge in [-0.25, -0.2) is 4.68 Å². The molecule has 2 amide bonds. The molecule has 1 saturated carbocycles. The van der Waals surface area contributed by atoms with Gasteiger partial charge in [-0.3, -0.25) is 9.59 Å². The number of rotatable bonds is 3. The molecule has 1 fully saturated rings. The summed E-state index contributed by atoms with van der Waals surface area (Å²) in [5.74, 6) is 0.959. The van der Waals surface area contributed by atoms with E-state index < -0.39 is 5.41 Å². The Kier molecular flexibility index (Phi) is 4.42. The first-order valence-electron chi connectivity index (χ1n) is 11.5. The Morgan fingerprint density at radius 3 is 2.50 bits per heavy atom. The zero-order chi connectivity index (χ0) is 21.7. The van der Waals surface area contributed by atoms with Crippen LogP contribution in [0.1, 0.15) is 49.7 Å². The molecule has 1 N–H and O–H groups in total. The maximum absolute atomic E-state index is 14.2. The first-order valence-corrected chi connectivity index (χ1v) is 11.5. The molecular weight excluding hydrogens is 400 g/mol. The molecule has 0 radical (unpaired) electrons. The van der Waals surface area contributed by atoms with Crippen LogP contribution in [0.15, 0.2) is 60.8 Å². The smallest absolute Gasteiger partial charge is 0.242 e. The number of benzene rings is 2. The molecule has 2 aliphatic heterocycles. The normalized spacial score (nSPS) is 22.7. The summed E-state index contributed by atoms with van der Waals surface area (Å²) >= 11 is 0. The molecule has 1 aromatic heterocycles. The topological polar surface area (TPSA) is 67.2 Å². The Morgan fingerprint density at radius 1 is 0.938 bits per heavy atom. The Bertz CT molecular complexity index is 1200. The zero-order valence-electron chi connectivity index (χ0n) is 18.0. The van der Waals surface area contributed by atoms with Gasteiger partial charge in [0, 0.05) is 24.2 Å². The highest BCUT2D eigenvalue weighted by Crippen LogP contribution is 2.52. The number of anilines is 2. The lowest BCUT2D eigenvalue weighted by Gasteiger charge is -2.33. The Labute approximate surface area is 187 Å². The second kappa shape index (κ2) is 7.33. The van der Waals surface area contributed by atoms with E-state index in [-0.39, 0.29) is 18.2 Å². The summed E-state index contributed by atoms with van der Waals surface area (Å²) in [6, 6.07) is 17.7. The minimum Gasteiger partial charge on any atom is -0.311 e. The number of nitrogens with zero attached hydrogens (tertiary/aromatic N) is 3. The first kappa shape index (κ1) is 19.3. The van der Waals surface area contributed by atoms with E-state index in [1.54, 1.807) is 10.9 Å². The summed E-state index contributed by atoms with van der Waals surface area (Å²) < 4.78 is 1.73. The van der Waals surface area contributed by atoms with E-state index in [2.05, 4.69) is 10.4 Å². The van der Waals surface area contributed by atoms with Crippen molar-refractivity contribution in [1.29, 1.82) is 0 Å². The Hall–Kier alpha value is -3.41. The molecule has 0 bridgehead atoms. The lowest BCUT2D eigenvalue weighted by Crippen LogP contribution is -2.47. The van der Waals surface area contributed by atoms with E-state index in [0.29, 0.717) is 11.7 Å². The van der Waals surface area contributed by atoms with Crippen molar-refractivity contribution in [3.05, 3.63) is 71.9 Å². The Morgan fingerprint density at radius 2 is 1.69 bits per heavy atom. The molecule has 6 rings (SSSR count). The number of para-hydroxylation sites is 2. The van der Waals surface area contributed by atoms with E-state index in [9.17, 15) is 9.59 Å². The van der Waals surface area contributed by atoms with Gasteiger partial charge in [0.15, 0.2) is 0 Å². The highest BCUT2D eigenvalue weighted by atomic mass is 16.2. The standard InChI is InChI=1S/C26H26N4O2/c31-23-15-26(21-16-27-30(24(21)28-23)19-11-5-2-6-12-19)20-13-7-8-14-22(20)29(25(26)32)17-18-9-3-1-4-10-18/h2,5-8,11-14,16,18H,1,3-4,9-10,15,17H2,(H,28,31)/t26-/m0/s1. The van der Waals surface area contributed by atoms with Crippen LogP contribution in [0.4, 0.5) is 11.5 Å². The predicted octanol–water partition coefficient (Wildman–Crippen LogP) is 4.43. The molecule has 3 aliphatic rings. The van der Waals surface area contributed by atoms with Crippen molar-refractivity contribution in [1.82, 2.24) is 9.78 Å². The number of carbonyl (C=O) groups excluding carboxylic acids is 2. The average molecular weight is 427 g/mol. The summed E-state index contributed by atoms with van der Waals surface area (Å²) in [6.45, 7) is 0.724. The highest BCUT2D eigenvalue weighted by molar-refractivity contribution is 6.15. The highest BCUT2D eigenvalue weighted by Gasteiger charge is 2.57. The van der Waals surface area contributed by atoms with Gasteiger partial charge >= 0.3 is 0 Å². The van der Waals surface area contributed by atoms with Crippen LogP contribution in [0.2, 0.25) is 0 Å². The van der Waals surface area contributed by atoms with Gasteiger partial charge in [0.05, 0.1) is 11.9 Å². The lowest BCUT2D eigenvalue weighted by atomic mass is 9.72. The van der Waals surface area contributed by atoms with Crippen LogP contribution < -0.4 is 10.2 Å². The molecule has 0 saturated heterocycles. The average Bonchev–Trinajstić information content (AvgIpc) is 3.35. The van der Waals surface area contributed by atoms with Crippen LogP contribution in [-0.4, -0.2) is 28.1 Å². The van der Waals surface area contributed by atoms with E-state index in [4.69, 9.17) is 0 Å². The van der Waals surface area contributed by atoms with Crippen molar-refractivity contribution in [2.75, 3.05) is 16.8 Å². The number of nitrogens with one attached hydrogen (secondary N) is 1. The third kappa shape index (κ3) is 2.75. The van der Waals surface area contributed by atoms with Crippen LogP contribution in [0.5, 0.6) is 0 Å². The summed E-state index contributed by atoms with van der Waals surface area (Å²) in [6.07, 6.45) is 7.95. The molecule has 162 valence electrons. The minimum absolute atomic E-state index is 0.00739. The number of carbonyl (C=O) groups is 2. The summed E-state index contributed by atoms with van der Waals surface area (Å²) in [7, 11) is 0. The predicted molar refractivity (Wildman–Crippen MR) is 123 cm³/mol. The molecule has 3 heterocycles. The SMILES string of the molecule is O=C1C[C@@]2(C(=O)N(CC3CCCCC3)c3ccccc32)c2cnn(-c3ccccc3)c2N1. The fourth-order valence-corrected chi connectivity index (χ4v) is 5.82. The summed E-state index contributed by atoms with van der Waals surface area (Å²) in [4.78, 5) is 29.1. The van der Waals surface area contributed by atoms with E-state index >= 15 is 0 Å². The third-order valence-corrected chi connectivity index (χ3v) is 7.34. The van der Waals surface area contributed by atoms with Gasteiger partial charge in [-0.1, -0.05) is 55.7 Å². The number of amides is 2. The van der Waals surface area contributed by atoms with Gasteiger partial charge in [0.1, 0.15) is 11.2 Å². The van der Waals surface area contributed by atoms with Crippen LogP contribution in [0.3, 0.4) is 0 Å². The zero-order valence-corrected chi connectivity index (χ0v) is 18.0. The molecule has 6 heteroatoms. The molecule has 32 heavy (non-hydrogen) atoms. The molecule has 1 spiro atoms. The van der Waals surface area contributed by atoms with Crippen molar-refractivity contribution in [2.45, 2.75) is 43.9 Å². The Balaban J connectivity index is 1.49. The number of hydrogen-bond donors (Lipinski definition) is 1. The van der Waals surface area contributed by atoms with Gasteiger partial charge in [-0.15, -0.1) is 0 Å². The molecule has 1 atom stereocenters. The van der Waals surface area contributed by atoms with Crippen molar-refractivity contribution in [3.63, 3.8) is 0 Å². The largest absolute Gasteiger partial charge is 0.311 e. The fraction of sp³-hybridized carbons (Fsp3) is 0.346. The minimum atomic E-state index is -1.02. The monoisotopic (exact) mass is 426 g/mol. The second-order valence-corrected chi connectivity index (χ2v) is 9.22. The second-order valence-electron chi connectivity index (χ2n) is 9.22. The third-order valence-electron chi connectivity index (χ3n) is 7.34. The van der Waals surface area contributed by atoms with Crippen LogP contribution >= 0.6 is 0 Å². The van der Waals surface area contributed by atoms with Gasteiger partial charge < -0.3 is 10.2 Å². The van der Waals surface area contributed by atoms with Crippen molar-refractivity contribution >= 4 is 23.3 Å². The molecular formula is C26H26N4O2. The van der Waals surface area contributed by atoms with Gasteiger partial charge in [0.25, 0.3) is 0 Å². The van der Waals surface area contributed by atoms with Crippen molar-refractivity contribution in [2.24, 2.45) is 5.92 Å². The van der Waals surface area contributed by atoms with Gasteiger partial charge in [-0.2, -0.15) is 5.10 Å². The fourth-order valence-electron chi connectivity index (χ4n) is 5.82. The number of fused-ring (bicyclic) bond motifs is 4. The molecule has 2 aromatic carbocycles. The first-order chi connectivity index (χ1) is 15.7. The van der Waals surface area contributed by atoms with E-state index in [1.807, 2.05) is 59.5 Å². The molecule has 6 nitrogen and oxygen atoms in total. The summed E-state index contributed by atoms with van der Waals surface area (Å²) in [5.41, 5.74) is 2.48. The molecule has 0 unspecified atom stereocenters. The quantitative estimate of drug-likeness (QED) is 0.674.